The largest absolute Gasteiger partial charge is 0.369 e. The van der Waals surface area contributed by atoms with Crippen LogP contribution in [0.2, 0.25) is 0 Å². The number of amides is 2. The molecule has 0 aromatic heterocycles. The minimum atomic E-state index is -0.757. The summed E-state index contributed by atoms with van der Waals surface area (Å²) in [5.41, 5.74) is 1.09. The average molecular weight is 485 g/mol. The highest BCUT2D eigenvalue weighted by Crippen LogP contribution is 2.37. The van der Waals surface area contributed by atoms with Gasteiger partial charge in [-0.05, 0) is 42.6 Å². The number of hydrogen-bond acceptors (Lipinski definition) is 6. The van der Waals surface area contributed by atoms with E-state index in [1.54, 1.807) is 4.90 Å². The van der Waals surface area contributed by atoms with Gasteiger partial charge < -0.3 is 24.8 Å². The first-order valence-corrected chi connectivity index (χ1v) is 12.8. The Labute approximate surface area is 209 Å². The minimum absolute atomic E-state index is 0.0501. The van der Waals surface area contributed by atoms with Gasteiger partial charge in [-0.3, -0.25) is 14.4 Å². The number of piperazine rings is 1. The van der Waals surface area contributed by atoms with Crippen LogP contribution in [0.3, 0.4) is 0 Å². The number of likely N-dealkylation sites (N-methyl/N-ethyl adjacent to an activating group) is 1. The quantitative estimate of drug-likeness (QED) is 0.689. The van der Waals surface area contributed by atoms with E-state index in [9.17, 15) is 14.4 Å². The maximum Gasteiger partial charge on any atom is 0.251 e. The van der Waals surface area contributed by atoms with Gasteiger partial charge in [-0.1, -0.05) is 34.6 Å². The summed E-state index contributed by atoms with van der Waals surface area (Å²) in [6.07, 6.45) is -0.259. The number of fused-ring (bicyclic) bond motifs is 1. The fourth-order valence-corrected chi connectivity index (χ4v) is 5.43. The number of ether oxygens (including phenoxy) is 1. The van der Waals surface area contributed by atoms with Crippen molar-refractivity contribution in [3.05, 3.63) is 29.8 Å². The summed E-state index contributed by atoms with van der Waals surface area (Å²) < 4.78 is 5.79. The maximum atomic E-state index is 13.8. The predicted molar refractivity (Wildman–Crippen MR) is 135 cm³/mol. The van der Waals surface area contributed by atoms with Gasteiger partial charge in [-0.15, -0.1) is 0 Å². The molecule has 3 saturated heterocycles. The van der Waals surface area contributed by atoms with Crippen LogP contribution in [-0.2, 0) is 14.3 Å². The normalized spacial score (nSPS) is 26.3. The molecule has 4 atom stereocenters. The smallest absolute Gasteiger partial charge is 0.251 e. The van der Waals surface area contributed by atoms with E-state index in [1.165, 1.54) is 0 Å². The number of carbonyl (C=O) groups is 3. The van der Waals surface area contributed by atoms with Crippen molar-refractivity contribution in [3.8, 4) is 0 Å². The first-order chi connectivity index (χ1) is 16.5. The average Bonchev–Trinajstić information content (AvgIpc) is 3.37. The topological polar surface area (TPSA) is 82.2 Å². The Bertz CT molecular complexity index is 947. The molecule has 35 heavy (non-hydrogen) atoms. The second-order valence-electron chi connectivity index (χ2n) is 11.7. The van der Waals surface area contributed by atoms with Crippen LogP contribution in [0.15, 0.2) is 24.3 Å². The molecule has 0 spiro atoms. The predicted octanol–water partition coefficient (Wildman–Crippen LogP) is 2.03. The number of nitrogens with zero attached hydrogens (tertiary/aromatic N) is 3. The lowest BCUT2D eigenvalue weighted by molar-refractivity contribution is -0.140. The maximum absolute atomic E-state index is 13.8. The number of hydrogen-bond donors (Lipinski definition) is 1. The number of benzene rings is 1. The summed E-state index contributed by atoms with van der Waals surface area (Å²) >= 11 is 0. The Morgan fingerprint density at radius 1 is 1.06 bits per heavy atom. The first-order valence-electron chi connectivity index (χ1n) is 12.8. The molecule has 0 bridgehead atoms. The molecule has 1 unspecified atom stereocenters. The molecule has 0 saturated carbocycles. The molecule has 3 aliphatic heterocycles. The Kier molecular flexibility index (Phi) is 7.25. The molecule has 3 fully saturated rings. The zero-order chi connectivity index (χ0) is 25.5. The Hall–Kier alpha value is -2.45. The highest BCUT2D eigenvalue weighted by atomic mass is 16.5. The molecule has 2 amide bonds. The molecule has 8 heteroatoms. The van der Waals surface area contributed by atoms with Gasteiger partial charge in [-0.25, -0.2) is 0 Å². The minimum Gasteiger partial charge on any atom is -0.369 e. The SMILES string of the molecule is CC(C)[C@@H]1CN(C(=O)C(NC(=O)c2ccc(N3CCN(C)CC3)cc2)C(C)(C)C)[C@@H]2C(=O)CO[C@H]21. The third kappa shape index (κ3) is 5.23. The van der Waals surface area contributed by atoms with Crippen LogP contribution >= 0.6 is 0 Å². The van der Waals surface area contributed by atoms with Gasteiger partial charge >= 0.3 is 0 Å². The number of ketones is 1. The molecule has 8 nitrogen and oxygen atoms in total. The summed E-state index contributed by atoms with van der Waals surface area (Å²) in [5.74, 6) is -0.156. The zero-order valence-corrected chi connectivity index (χ0v) is 21.9. The van der Waals surface area contributed by atoms with Gasteiger partial charge in [0, 0.05) is 49.9 Å². The molecule has 1 aromatic rings. The standard InChI is InChI=1S/C27H40N4O4/c1-17(2)20-15-31(22-21(32)16-35-23(20)22)26(34)24(27(3,4)5)28-25(33)18-7-9-19(10-8-18)30-13-11-29(6)12-14-30/h7-10,17,20,22-24H,11-16H2,1-6H3,(H,28,33)/t20-,22+,23-,24?/m0/s1. The Morgan fingerprint density at radius 2 is 1.69 bits per heavy atom. The number of likely N-dealkylation sites (tertiary alicyclic amines) is 1. The molecule has 1 aromatic carbocycles. The van der Waals surface area contributed by atoms with Crippen molar-refractivity contribution < 1.29 is 19.1 Å². The molecule has 192 valence electrons. The van der Waals surface area contributed by atoms with Gasteiger partial charge in [-0.2, -0.15) is 0 Å². The van der Waals surface area contributed by atoms with E-state index in [-0.39, 0.29) is 42.1 Å². The highest BCUT2D eigenvalue weighted by Gasteiger charge is 2.54. The van der Waals surface area contributed by atoms with Crippen molar-refractivity contribution in [2.24, 2.45) is 17.3 Å². The van der Waals surface area contributed by atoms with Crippen LogP contribution in [0.5, 0.6) is 0 Å². The van der Waals surface area contributed by atoms with Crippen molar-refractivity contribution in [3.63, 3.8) is 0 Å². The molecular weight excluding hydrogens is 444 g/mol. The van der Waals surface area contributed by atoms with Crippen molar-refractivity contribution in [2.75, 3.05) is 51.3 Å². The van der Waals surface area contributed by atoms with Gasteiger partial charge in [0.1, 0.15) is 18.7 Å². The Morgan fingerprint density at radius 3 is 2.26 bits per heavy atom. The van der Waals surface area contributed by atoms with Crippen LogP contribution in [0.1, 0.15) is 45.0 Å². The molecular formula is C27H40N4O4. The van der Waals surface area contributed by atoms with Gasteiger partial charge in [0.2, 0.25) is 5.91 Å². The fourth-order valence-electron chi connectivity index (χ4n) is 5.43. The van der Waals surface area contributed by atoms with E-state index in [2.05, 4.69) is 36.0 Å². The van der Waals surface area contributed by atoms with E-state index in [4.69, 9.17) is 4.74 Å². The summed E-state index contributed by atoms with van der Waals surface area (Å²) in [7, 11) is 2.12. The van der Waals surface area contributed by atoms with E-state index in [1.807, 2.05) is 45.0 Å². The number of rotatable bonds is 5. The monoisotopic (exact) mass is 484 g/mol. The van der Waals surface area contributed by atoms with Crippen molar-refractivity contribution in [2.45, 2.75) is 52.8 Å². The van der Waals surface area contributed by atoms with E-state index < -0.39 is 17.5 Å². The first kappa shape index (κ1) is 25.6. The van der Waals surface area contributed by atoms with Gasteiger partial charge in [0.25, 0.3) is 5.91 Å². The second kappa shape index (κ2) is 9.90. The zero-order valence-electron chi connectivity index (χ0n) is 21.9. The summed E-state index contributed by atoms with van der Waals surface area (Å²) in [4.78, 5) is 45.9. The highest BCUT2D eigenvalue weighted by molar-refractivity contribution is 5.99. The van der Waals surface area contributed by atoms with Crippen LogP contribution in [-0.4, -0.2) is 92.0 Å². The lowest BCUT2D eigenvalue weighted by Gasteiger charge is -2.35. The van der Waals surface area contributed by atoms with E-state index >= 15 is 0 Å². The van der Waals surface area contributed by atoms with Crippen LogP contribution in [0, 0.1) is 17.3 Å². The van der Waals surface area contributed by atoms with Crippen LogP contribution < -0.4 is 10.2 Å². The van der Waals surface area contributed by atoms with Crippen molar-refractivity contribution in [1.82, 2.24) is 15.1 Å². The van der Waals surface area contributed by atoms with Crippen LogP contribution in [0.4, 0.5) is 5.69 Å². The number of nitrogens with one attached hydrogen (secondary N) is 1. The van der Waals surface area contributed by atoms with Gasteiger partial charge in [0.05, 0.1) is 6.10 Å². The molecule has 0 radical (unpaired) electrons. The lowest BCUT2D eigenvalue weighted by atomic mass is 9.85. The van der Waals surface area contributed by atoms with Crippen molar-refractivity contribution in [1.29, 1.82) is 0 Å². The molecule has 3 aliphatic rings. The molecule has 1 N–H and O–H groups in total. The van der Waals surface area contributed by atoms with Crippen LogP contribution in [0.25, 0.3) is 0 Å². The number of anilines is 1. The van der Waals surface area contributed by atoms with E-state index in [0.717, 1.165) is 31.9 Å². The van der Waals surface area contributed by atoms with E-state index in [0.29, 0.717) is 12.1 Å². The third-order valence-corrected chi connectivity index (χ3v) is 7.75. The third-order valence-electron chi connectivity index (χ3n) is 7.75. The fraction of sp³-hybridized carbons (Fsp3) is 0.667. The number of Topliss-reactive ketones (excluding diaryl/α,β-unsaturated/α-hetero) is 1. The number of carbonyl (C=O) groups excluding carboxylic acids is 3. The molecule has 3 heterocycles. The summed E-state index contributed by atoms with van der Waals surface area (Å²) in [6, 6.07) is 6.28. The second-order valence-corrected chi connectivity index (χ2v) is 11.7. The summed E-state index contributed by atoms with van der Waals surface area (Å²) in [6.45, 7) is 14.5. The molecule has 0 aliphatic carbocycles. The lowest BCUT2D eigenvalue weighted by Crippen LogP contribution is -2.57. The molecule has 4 rings (SSSR count). The summed E-state index contributed by atoms with van der Waals surface area (Å²) in [5, 5.41) is 2.99. The Balaban J connectivity index is 1.49. The van der Waals surface area contributed by atoms with Gasteiger partial charge in [0.15, 0.2) is 5.78 Å². The van der Waals surface area contributed by atoms with Crippen molar-refractivity contribution >= 4 is 23.3 Å².